The van der Waals surface area contributed by atoms with Gasteiger partial charge in [0.2, 0.25) is 0 Å². The molecule has 2 N–H and O–H groups in total. The SMILES string of the molecule is CC(O)c1ccccc1NCc1cccs1. The maximum Gasteiger partial charge on any atom is 0.0781 e. The first-order valence-corrected chi connectivity index (χ1v) is 6.18. The molecule has 16 heavy (non-hydrogen) atoms. The van der Waals surface area contributed by atoms with Gasteiger partial charge in [-0.3, -0.25) is 0 Å². The fraction of sp³-hybridized carbons (Fsp3) is 0.231. The Hall–Kier alpha value is -1.32. The topological polar surface area (TPSA) is 32.3 Å². The van der Waals surface area contributed by atoms with Crippen molar-refractivity contribution in [2.45, 2.75) is 19.6 Å². The number of nitrogens with one attached hydrogen (secondary N) is 1. The number of anilines is 1. The number of hydrogen-bond donors (Lipinski definition) is 2. The van der Waals surface area contributed by atoms with Crippen LogP contribution in [0.2, 0.25) is 0 Å². The van der Waals surface area contributed by atoms with E-state index in [1.807, 2.05) is 30.3 Å². The lowest BCUT2D eigenvalue weighted by atomic mass is 10.1. The van der Waals surface area contributed by atoms with Gasteiger partial charge in [-0.15, -0.1) is 11.3 Å². The summed E-state index contributed by atoms with van der Waals surface area (Å²) in [4.78, 5) is 1.29. The highest BCUT2D eigenvalue weighted by Crippen LogP contribution is 2.23. The van der Waals surface area contributed by atoms with Gasteiger partial charge in [-0.2, -0.15) is 0 Å². The minimum Gasteiger partial charge on any atom is -0.389 e. The van der Waals surface area contributed by atoms with Crippen LogP contribution < -0.4 is 5.32 Å². The van der Waals surface area contributed by atoms with Gasteiger partial charge in [0, 0.05) is 22.7 Å². The first-order valence-electron chi connectivity index (χ1n) is 5.30. The lowest BCUT2D eigenvalue weighted by Gasteiger charge is -2.13. The zero-order valence-electron chi connectivity index (χ0n) is 9.18. The summed E-state index contributed by atoms with van der Waals surface area (Å²) < 4.78 is 0. The highest BCUT2D eigenvalue weighted by molar-refractivity contribution is 7.09. The first kappa shape index (κ1) is 11.2. The largest absolute Gasteiger partial charge is 0.389 e. The number of thiophene rings is 1. The minimum absolute atomic E-state index is 0.438. The molecule has 0 aliphatic carbocycles. The Bertz CT molecular complexity index is 437. The molecule has 84 valence electrons. The molecule has 2 nitrogen and oxygen atoms in total. The van der Waals surface area contributed by atoms with Crippen molar-refractivity contribution in [2.75, 3.05) is 5.32 Å². The predicted molar refractivity (Wildman–Crippen MR) is 68.7 cm³/mol. The van der Waals surface area contributed by atoms with E-state index in [0.717, 1.165) is 17.8 Å². The van der Waals surface area contributed by atoms with E-state index in [0.29, 0.717) is 0 Å². The average molecular weight is 233 g/mol. The summed E-state index contributed by atoms with van der Waals surface area (Å²) >= 11 is 1.73. The Morgan fingerprint density at radius 3 is 2.75 bits per heavy atom. The molecule has 1 unspecified atom stereocenters. The molecule has 0 amide bonds. The third-order valence-corrected chi connectivity index (χ3v) is 3.32. The smallest absolute Gasteiger partial charge is 0.0781 e. The van der Waals surface area contributed by atoms with E-state index in [2.05, 4.69) is 16.8 Å². The van der Waals surface area contributed by atoms with Gasteiger partial charge in [-0.05, 0) is 24.4 Å². The number of benzene rings is 1. The summed E-state index contributed by atoms with van der Waals surface area (Å²) in [7, 11) is 0. The van der Waals surface area contributed by atoms with Crippen LogP contribution in [0.3, 0.4) is 0 Å². The lowest BCUT2D eigenvalue weighted by molar-refractivity contribution is 0.200. The van der Waals surface area contributed by atoms with E-state index in [4.69, 9.17) is 0 Å². The van der Waals surface area contributed by atoms with Gasteiger partial charge >= 0.3 is 0 Å². The second-order valence-electron chi connectivity index (χ2n) is 3.70. The van der Waals surface area contributed by atoms with Gasteiger partial charge in [0.25, 0.3) is 0 Å². The molecule has 1 atom stereocenters. The molecule has 2 rings (SSSR count). The Kier molecular flexibility index (Phi) is 3.59. The van der Waals surface area contributed by atoms with Gasteiger partial charge in [0.05, 0.1) is 6.10 Å². The van der Waals surface area contributed by atoms with E-state index in [9.17, 15) is 5.11 Å². The summed E-state index contributed by atoms with van der Waals surface area (Å²) in [5.74, 6) is 0. The second kappa shape index (κ2) is 5.14. The van der Waals surface area contributed by atoms with E-state index in [1.54, 1.807) is 18.3 Å². The minimum atomic E-state index is -0.438. The van der Waals surface area contributed by atoms with Crippen molar-refractivity contribution in [3.8, 4) is 0 Å². The van der Waals surface area contributed by atoms with Crippen LogP contribution >= 0.6 is 11.3 Å². The molecule has 1 heterocycles. The maximum atomic E-state index is 9.62. The normalized spacial score (nSPS) is 12.4. The van der Waals surface area contributed by atoms with E-state index >= 15 is 0 Å². The molecule has 0 saturated heterocycles. The summed E-state index contributed by atoms with van der Waals surface area (Å²) in [5, 5.41) is 15.0. The molecule has 0 fully saturated rings. The van der Waals surface area contributed by atoms with Crippen LogP contribution in [0, 0.1) is 0 Å². The van der Waals surface area contributed by atoms with Crippen LogP contribution in [0.25, 0.3) is 0 Å². The monoisotopic (exact) mass is 233 g/mol. The first-order chi connectivity index (χ1) is 7.77. The van der Waals surface area contributed by atoms with Crippen molar-refractivity contribution in [3.63, 3.8) is 0 Å². The van der Waals surface area contributed by atoms with Crippen LogP contribution in [0.15, 0.2) is 41.8 Å². The highest BCUT2D eigenvalue weighted by Gasteiger charge is 2.06. The standard InChI is InChI=1S/C13H15NOS/c1-10(15)12-6-2-3-7-13(12)14-9-11-5-4-8-16-11/h2-8,10,14-15H,9H2,1H3. The van der Waals surface area contributed by atoms with E-state index in [1.165, 1.54) is 4.88 Å². The Labute approximate surface area is 99.6 Å². The summed E-state index contributed by atoms with van der Waals surface area (Å²) in [5.41, 5.74) is 1.95. The highest BCUT2D eigenvalue weighted by atomic mass is 32.1. The average Bonchev–Trinajstić information content (AvgIpc) is 2.79. The third-order valence-electron chi connectivity index (χ3n) is 2.44. The number of hydrogen-bond acceptors (Lipinski definition) is 3. The van der Waals surface area contributed by atoms with E-state index < -0.39 is 6.10 Å². The maximum absolute atomic E-state index is 9.62. The molecule has 0 bridgehead atoms. The van der Waals surface area contributed by atoms with Crippen LogP contribution in [0.5, 0.6) is 0 Å². The molecule has 1 aromatic heterocycles. The van der Waals surface area contributed by atoms with Gasteiger partial charge < -0.3 is 10.4 Å². The van der Waals surface area contributed by atoms with E-state index in [-0.39, 0.29) is 0 Å². The van der Waals surface area contributed by atoms with Crippen molar-refractivity contribution in [1.82, 2.24) is 0 Å². The Morgan fingerprint density at radius 2 is 2.06 bits per heavy atom. The van der Waals surface area contributed by atoms with Crippen molar-refractivity contribution >= 4 is 17.0 Å². The zero-order chi connectivity index (χ0) is 11.4. The Morgan fingerprint density at radius 1 is 1.25 bits per heavy atom. The summed E-state index contributed by atoms with van der Waals surface area (Å²) in [6.45, 7) is 2.59. The molecule has 0 saturated carbocycles. The Balaban J connectivity index is 2.09. The second-order valence-corrected chi connectivity index (χ2v) is 4.73. The number of para-hydroxylation sites is 1. The molecule has 0 aliphatic heterocycles. The predicted octanol–water partition coefficient (Wildman–Crippen LogP) is 3.41. The quantitative estimate of drug-likeness (QED) is 0.848. The number of aliphatic hydroxyl groups excluding tert-OH is 1. The van der Waals surface area contributed by atoms with Gasteiger partial charge in [0.15, 0.2) is 0 Å². The fourth-order valence-corrected chi connectivity index (χ4v) is 2.26. The van der Waals surface area contributed by atoms with Crippen LogP contribution in [-0.2, 0) is 6.54 Å². The molecule has 0 radical (unpaired) electrons. The van der Waals surface area contributed by atoms with Crippen molar-refractivity contribution in [3.05, 3.63) is 52.2 Å². The third kappa shape index (κ3) is 2.62. The molecule has 1 aromatic carbocycles. The van der Waals surface area contributed by atoms with Crippen molar-refractivity contribution < 1.29 is 5.11 Å². The lowest BCUT2D eigenvalue weighted by Crippen LogP contribution is -2.02. The van der Waals surface area contributed by atoms with Gasteiger partial charge in [-0.1, -0.05) is 24.3 Å². The molecule has 0 aliphatic rings. The van der Waals surface area contributed by atoms with Crippen LogP contribution in [-0.4, -0.2) is 5.11 Å². The number of rotatable bonds is 4. The summed E-state index contributed by atoms with van der Waals surface area (Å²) in [6.07, 6.45) is -0.438. The molecule has 3 heteroatoms. The van der Waals surface area contributed by atoms with Crippen LogP contribution in [0.4, 0.5) is 5.69 Å². The van der Waals surface area contributed by atoms with Gasteiger partial charge in [0.1, 0.15) is 0 Å². The molecule has 0 spiro atoms. The zero-order valence-corrected chi connectivity index (χ0v) is 10.00. The van der Waals surface area contributed by atoms with Gasteiger partial charge in [-0.25, -0.2) is 0 Å². The summed E-state index contributed by atoms with van der Waals surface area (Å²) in [6, 6.07) is 12.0. The molecular formula is C13H15NOS. The van der Waals surface area contributed by atoms with Crippen molar-refractivity contribution in [2.24, 2.45) is 0 Å². The fourth-order valence-electron chi connectivity index (χ4n) is 1.62. The van der Waals surface area contributed by atoms with Crippen LogP contribution in [0.1, 0.15) is 23.5 Å². The molecular weight excluding hydrogens is 218 g/mol. The number of aliphatic hydroxyl groups is 1. The molecule has 2 aromatic rings. The van der Waals surface area contributed by atoms with Crippen molar-refractivity contribution in [1.29, 1.82) is 0 Å².